The third-order valence-corrected chi connectivity index (χ3v) is 3.63. The van der Waals surface area contributed by atoms with Gasteiger partial charge in [0.2, 0.25) is 0 Å². The van der Waals surface area contributed by atoms with Crippen LogP contribution in [0.1, 0.15) is 10.4 Å². The van der Waals surface area contributed by atoms with Crippen LogP contribution < -0.4 is 5.73 Å². The highest BCUT2D eigenvalue weighted by atomic mass is 32.1. The summed E-state index contributed by atoms with van der Waals surface area (Å²) in [5.74, 6) is 0. The van der Waals surface area contributed by atoms with Crippen LogP contribution in [0.15, 0.2) is 24.3 Å². The van der Waals surface area contributed by atoms with E-state index in [1.54, 1.807) is 25.1 Å². The van der Waals surface area contributed by atoms with E-state index in [0.29, 0.717) is 21.0 Å². The van der Waals surface area contributed by atoms with Gasteiger partial charge in [-0.1, -0.05) is 12.1 Å². The van der Waals surface area contributed by atoms with Gasteiger partial charge in [0.25, 0.3) is 5.69 Å². The Labute approximate surface area is 107 Å². The van der Waals surface area contributed by atoms with Gasteiger partial charge < -0.3 is 5.73 Å². The number of rotatable bonds is 2. The fraction of sp³-hybridized carbons (Fsp3) is 0.0833. The first kappa shape index (κ1) is 12.1. The van der Waals surface area contributed by atoms with Gasteiger partial charge in [0.1, 0.15) is 10.9 Å². The number of thiophene rings is 1. The lowest BCUT2D eigenvalue weighted by Crippen LogP contribution is -1.92. The zero-order chi connectivity index (χ0) is 13.3. The SMILES string of the molecule is Cc1cccc([N+](=O)[O-])c1-c1cc(N)c(C#N)s1. The van der Waals surface area contributed by atoms with Crippen LogP contribution in [0.3, 0.4) is 0 Å². The Hall–Kier alpha value is -2.39. The minimum Gasteiger partial charge on any atom is -0.397 e. The number of aryl methyl sites for hydroxylation is 1. The number of hydrogen-bond acceptors (Lipinski definition) is 5. The minimum atomic E-state index is -0.426. The molecule has 2 rings (SSSR count). The fourth-order valence-electron chi connectivity index (χ4n) is 1.74. The summed E-state index contributed by atoms with van der Waals surface area (Å²) in [5.41, 5.74) is 7.38. The third kappa shape index (κ3) is 1.92. The van der Waals surface area contributed by atoms with Crippen LogP contribution in [0.25, 0.3) is 10.4 Å². The summed E-state index contributed by atoms with van der Waals surface area (Å²) >= 11 is 1.17. The van der Waals surface area contributed by atoms with Gasteiger partial charge in [-0.15, -0.1) is 11.3 Å². The maximum absolute atomic E-state index is 11.0. The molecule has 0 aliphatic carbocycles. The Kier molecular flexibility index (Phi) is 3.00. The van der Waals surface area contributed by atoms with E-state index >= 15 is 0 Å². The third-order valence-electron chi connectivity index (χ3n) is 2.56. The molecule has 18 heavy (non-hydrogen) atoms. The maximum atomic E-state index is 11.0. The number of nitrogens with zero attached hydrogens (tertiary/aromatic N) is 2. The van der Waals surface area contributed by atoms with E-state index in [9.17, 15) is 10.1 Å². The normalized spacial score (nSPS) is 10.0. The lowest BCUT2D eigenvalue weighted by Gasteiger charge is -2.03. The highest BCUT2D eigenvalue weighted by Gasteiger charge is 2.20. The molecule has 0 saturated carbocycles. The van der Waals surface area contributed by atoms with Gasteiger partial charge in [-0.25, -0.2) is 0 Å². The molecule has 0 atom stereocenters. The molecule has 0 spiro atoms. The second kappa shape index (κ2) is 4.47. The summed E-state index contributed by atoms with van der Waals surface area (Å²) in [6, 6.07) is 8.47. The minimum absolute atomic E-state index is 0.0285. The van der Waals surface area contributed by atoms with Gasteiger partial charge in [-0.3, -0.25) is 10.1 Å². The Balaban J connectivity index is 2.70. The summed E-state index contributed by atoms with van der Waals surface area (Å²) in [6.07, 6.45) is 0. The smallest absolute Gasteiger partial charge is 0.278 e. The number of nitriles is 1. The van der Waals surface area contributed by atoms with Gasteiger partial charge in [0.15, 0.2) is 0 Å². The van der Waals surface area contributed by atoms with Crippen molar-refractivity contribution in [3.05, 3.63) is 44.8 Å². The number of nitrogens with two attached hydrogens (primary N) is 1. The molecule has 2 aromatic rings. The molecule has 2 N–H and O–H groups in total. The van der Waals surface area contributed by atoms with Crippen molar-refractivity contribution in [1.82, 2.24) is 0 Å². The van der Waals surface area contributed by atoms with E-state index in [1.165, 1.54) is 17.4 Å². The molecule has 0 radical (unpaired) electrons. The average Bonchev–Trinajstić information content (AvgIpc) is 2.69. The molecule has 90 valence electrons. The highest BCUT2D eigenvalue weighted by Crippen LogP contribution is 2.39. The molecule has 1 heterocycles. The highest BCUT2D eigenvalue weighted by molar-refractivity contribution is 7.16. The molecule has 0 fully saturated rings. The average molecular weight is 259 g/mol. The number of benzene rings is 1. The predicted molar refractivity (Wildman–Crippen MR) is 70.3 cm³/mol. The molecular weight excluding hydrogens is 250 g/mol. The maximum Gasteiger partial charge on any atom is 0.278 e. The van der Waals surface area contributed by atoms with E-state index in [2.05, 4.69) is 0 Å². The van der Waals surface area contributed by atoms with Crippen molar-refractivity contribution in [3.63, 3.8) is 0 Å². The monoisotopic (exact) mass is 259 g/mol. The van der Waals surface area contributed by atoms with Crippen molar-refractivity contribution in [2.45, 2.75) is 6.92 Å². The quantitative estimate of drug-likeness (QED) is 0.662. The standard InChI is InChI=1S/C12H9N3O2S/c1-7-3-2-4-9(15(16)17)12(7)10-5-8(14)11(6-13)18-10/h2-5H,14H2,1H3. The fourth-order valence-corrected chi connectivity index (χ4v) is 2.74. The Morgan fingerprint density at radius 3 is 2.78 bits per heavy atom. The van der Waals surface area contributed by atoms with Crippen LogP contribution in [-0.4, -0.2) is 4.92 Å². The van der Waals surface area contributed by atoms with E-state index in [-0.39, 0.29) is 5.69 Å². The second-order valence-electron chi connectivity index (χ2n) is 3.73. The van der Waals surface area contributed by atoms with Gasteiger partial charge in [-0.05, 0) is 18.6 Å². The number of nitro groups is 1. The van der Waals surface area contributed by atoms with Crippen molar-refractivity contribution in [2.75, 3.05) is 5.73 Å². The van der Waals surface area contributed by atoms with Gasteiger partial charge >= 0.3 is 0 Å². The number of nitro benzene ring substituents is 1. The van der Waals surface area contributed by atoms with Crippen LogP contribution >= 0.6 is 11.3 Å². The van der Waals surface area contributed by atoms with Gasteiger partial charge in [-0.2, -0.15) is 5.26 Å². The summed E-state index contributed by atoms with van der Waals surface area (Å²) < 4.78 is 0. The van der Waals surface area contributed by atoms with Crippen LogP contribution in [0.5, 0.6) is 0 Å². The topological polar surface area (TPSA) is 92.9 Å². The second-order valence-corrected chi connectivity index (χ2v) is 4.79. The Morgan fingerprint density at radius 2 is 2.22 bits per heavy atom. The zero-order valence-corrected chi connectivity index (χ0v) is 10.3. The molecule has 0 amide bonds. The van der Waals surface area contributed by atoms with E-state index in [0.717, 1.165) is 5.56 Å². The summed E-state index contributed by atoms with van der Waals surface area (Å²) in [4.78, 5) is 11.6. The molecule has 1 aromatic carbocycles. The largest absolute Gasteiger partial charge is 0.397 e. The molecular formula is C12H9N3O2S. The first-order valence-corrected chi connectivity index (χ1v) is 5.90. The number of nitrogen functional groups attached to an aromatic ring is 1. The molecule has 1 aromatic heterocycles. The number of anilines is 1. The van der Waals surface area contributed by atoms with Crippen molar-refractivity contribution in [3.8, 4) is 16.5 Å². The molecule has 5 nitrogen and oxygen atoms in total. The van der Waals surface area contributed by atoms with Crippen LogP contribution in [0.2, 0.25) is 0 Å². The van der Waals surface area contributed by atoms with Crippen LogP contribution in [-0.2, 0) is 0 Å². The van der Waals surface area contributed by atoms with E-state index < -0.39 is 4.92 Å². The van der Waals surface area contributed by atoms with Gasteiger partial charge in [0.05, 0.1) is 16.2 Å². The Morgan fingerprint density at radius 1 is 1.50 bits per heavy atom. The van der Waals surface area contributed by atoms with Crippen LogP contribution in [0, 0.1) is 28.4 Å². The van der Waals surface area contributed by atoms with Crippen LogP contribution in [0.4, 0.5) is 11.4 Å². The lowest BCUT2D eigenvalue weighted by molar-refractivity contribution is -0.384. The van der Waals surface area contributed by atoms with Crippen molar-refractivity contribution < 1.29 is 4.92 Å². The number of hydrogen-bond donors (Lipinski definition) is 1. The zero-order valence-electron chi connectivity index (χ0n) is 9.51. The summed E-state index contributed by atoms with van der Waals surface area (Å²) in [5, 5.41) is 19.9. The first-order valence-electron chi connectivity index (χ1n) is 5.08. The molecule has 0 unspecified atom stereocenters. The molecule has 0 saturated heterocycles. The first-order chi connectivity index (χ1) is 8.54. The van der Waals surface area contributed by atoms with Crippen molar-refractivity contribution >= 4 is 22.7 Å². The van der Waals surface area contributed by atoms with E-state index in [4.69, 9.17) is 11.0 Å². The summed E-state index contributed by atoms with van der Waals surface area (Å²) in [6.45, 7) is 1.80. The van der Waals surface area contributed by atoms with E-state index in [1.807, 2.05) is 6.07 Å². The Bertz CT molecular complexity index is 670. The van der Waals surface area contributed by atoms with Crippen molar-refractivity contribution in [2.24, 2.45) is 0 Å². The molecule has 6 heteroatoms. The van der Waals surface area contributed by atoms with Crippen molar-refractivity contribution in [1.29, 1.82) is 5.26 Å². The molecule has 0 bridgehead atoms. The molecule has 0 aliphatic rings. The predicted octanol–water partition coefficient (Wildman–Crippen LogP) is 3.09. The molecule has 0 aliphatic heterocycles. The van der Waals surface area contributed by atoms with Gasteiger partial charge in [0, 0.05) is 10.9 Å². The summed E-state index contributed by atoms with van der Waals surface area (Å²) in [7, 11) is 0. The lowest BCUT2D eigenvalue weighted by atomic mass is 10.1.